The average Bonchev–Trinajstić information content (AvgIpc) is 2.44. The highest BCUT2D eigenvalue weighted by Crippen LogP contribution is 2.34. The van der Waals surface area contributed by atoms with Gasteiger partial charge in [-0.2, -0.15) is 0 Å². The van der Waals surface area contributed by atoms with Gasteiger partial charge in [0, 0.05) is 0 Å². The van der Waals surface area contributed by atoms with E-state index in [1.807, 2.05) is 0 Å². The lowest BCUT2D eigenvalue weighted by Crippen LogP contribution is -2.14. The summed E-state index contributed by atoms with van der Waals surface area (Å²) in [7, 11) is 0. The van der Waals surface area contributed by atoms with Crippen LogP contribution in [-0.2, 0) is 5.41 Å². The molecule has 0 aliphatic carbocycles. The SMILES string of the molecule is CC/C=C\CC(C)c1ccc(OCCC)c(C(C)(C)C)c1. The second kappa shape index (κ2) is 8.26. The Morgan fingerprint density at radius 2 is 1.86 bits per heavy atom. The second-order valence-corrected chi connectivity index (χ2v) is 6.87. The fraction of sp³-hybridized carbons (Fsp3) is 0.600. The van der Waals surface area contributed by atoms with Gasteiger partial charge >= 0.3 is 0 Å². The van der Waals surface area contributed by atoms with Crippen molar-refractivity contribution in [2.24, 2.45) is 0 Å². The Hall–Kier alpha value is -1.24. The molecule has 1 aromatic carbocycles. The summed E-state index contributed by atoms with van der Waals surface area (Å²) >= 11 is 0. The number of benzene rings is 1. The van der Waals surface area contributed by atoms with Crippen LogP contribution in [0.5, 0.6) is 5.75 Å². The van der Waals surface area contributed by atoms with Gasteiger partial charge in [0.25, 0.3) is 0 Å². The Morgan fingerprint density at radius 3 is 2.43 bits per heavy atom. The molecule has 0 aliphatic heterocycles. The highest BCUT2D eigenvalue weighted by molar-refractivity contribution is 5.42. The standard InChI is InChI=1S/C20H32O/c1-7-9-10-11-16(3)17-12-13-19(21-14-8-2)18(15-17)20(4,5)6/h9-10,12-13,15-16H,7-8,11,14H2,1-6H3/b10-9-. The second-order valence-electron chi connectivity index (χ2n) is 6.87. The van der Waals surface area contributed by atoms with Crippen molar-refractivity contribution in [1.82, 2.24) is 0 Å². The molecule has 21 heavy (non-hydrogen) atoms. The predicted molar refractivity (Wildman–Crippen MR) is 93.4 cm³/mol. The van der Waals surface area contributed by atoms with E-state index in [4.69, 9.17) is 4.74 Å². The minimum atomic E-state index is 0.109. The lowest BCUT2D eigenvalue weighted by atomic mass is 9.83. The zero-order chi connectivity index (χ0) is 15.9. The predicted octanol–water partition coefficient (Wildman–Crippen LogP) is 6.23. The third kappa shape index (κ3) is 5.57. The third-order valence-electron chi connectivity index (χ3n) is 3.73. The number of hydrogen-bond acceptors (Lipinski definition) is 1. The molecule has 0 radical (unpaired) electrons. The fourth-order valence-electron chi connectivity index (χ4n) is 2.38. The largest absolute Gasteiger partial charge is 0.493 e. The van der Waals surface area contributed by atoms with Gasteiger partial charge in [-0.15, -0.1) is 0 Å². The summed E-state index contributed by atoms with van der Waals surface area (Å²) in [5.41, 5.74) is 2.84. The molecule has 1 heteroatoms. The van der Waals surface area contributed by atoms with Crippen LogP contribution in [0, 0.1) is 0 Å². The molecule has 0 spiro atoms. The molecule has 0 bridgehead atoms. The van der Waals surface area contributed by atoms with Crippen molar-refractivity contribution in [2.75, 3.05) is 6.61 Å². The summed E-state index contributed by atoms with van der Waals surface area (Å²) < 4.78 is 5.93. The van der Waals surface area contributed by atoms with Crippen molar-refractivity contribution in [1.29, 1.82) is 0 Å². The molecule has 0 amide bonds. The third-order valence-corrected chi connectivity index (χ3v) is 3.73. The zero-order valence-corrected chi connectivity index (χ0v) is 14.7. The van der Waals surface area contributed by atoms with Gasteiger partial charge in [0.1, 0.15) is 5.75 Å². The Kier molecular flexibility index (Phi) is 7.01. The first kappa shape index (κ1) is 17.8. The van der Waals surface area contributed by atoms with Gasteiger partial charge in [-0.25, -0.2) is 0 Å². The first-order valence-corrected chi connectivity index (χ1v) is 8.32. The van der Waals surface area contributed by atoms with E-state index < -0.39 is 0 Å². The Labute approximate surface area is 131 Å². The van der Waals surface area contributed by atoms with Crippen molar-refractivity contribution in [3.8, 4) is 5.75 Å². The van der Waals surface area contributed by atoms with Crippen molar-refractivity contribution in [3.05, 3.63) is 41.5 Å². The molecule has 0 aromatic heterocycles. The first-order chi connectivity index (χ1) is 9.90. The van der Waals surface area contributed by atoms with Gasteiger partial charge in [0.05, 0.1) is 6.61 Å². The van der Waals surface area contributed by atoms with E-state index in [2.05, 4.69) is 71.9 Å². The molecule has 1 rings (SSSR count). The lowest BCUT2D eigenvalue weighted by Gasteiger charge is -2.25. The van der Waals surface area contributed by atoms with Crippen molar-refractivity contribution >= 4 is 0 Å². The summed E-state index contributed by atoms with van der Waals surface area (Å²) in [6.07, 6.45) is 7.81. The number of ether oxygens (including phenoxy) is 1. The first-order valence-electron chi connectivity index (χ1n) is 8.32. The van der Waals surface area contributed by atoms with Crippen LogP contribution in [0.3, 0.4) is 0 Å². The van der Waals surface area contributed by atoms with Crippen molar-refractivity contribution < 1.29 is 4.74 Å². The molecule has 0 aliphatic rings. The maximum Gasteiger partial charge on any atom is 0.123 e. The van der Waals surface area contributed by atoms with Crippen LogP contribution in [0.1, 0.15) is 77.8 Å². The fourth-order valence-corrected chi connectivity index (χ4v) is 2.38. The maximum absolute atomic E-state index is 5.93. The summed E-state index contributed by atoms with van der Waals surface area (Å²) in [6.45, 7) is 14.2. The minimum Gasteiger partial charge on any atom is -0.493 e. The molecular formula is C20H32O. The van der Waals surface area contributed by atoms with E-state index >= 15 is 0 Å². The molecule has 0 saturated carbocycles. The molecule has 0 heterocycles. The van der Waals surface area contributed by atoms with E-state index in [9.17, 15) is 0 Å². The molecule has 1 nitrogen and oxygen atoms in total. The quantitative estimate of drug-likeness (QED) is 0.540. The normalized spacial score (nSPS) is 13.6. The maximum atomic E-state index is 5.93. The summed E-state index contributed by atoms with van der Waals surface area (Å²) in [4.78, 5) is 0. The Bertz CT molecular complexity index is 451. The average molecular weight is 288 g/mol. The van der Waals surface area contributed by atoms with Crippen molar-refractivity contribution in [3.63, 3.8) is 0 Å². The summed E-state index contributed by atoms with van der Waals surface area (Å²) in [6, 6.07) is 6.73. The monoisotopic (exact) mass is 288 g/mol. The van der Waals surface area contributed by atoms with Gasteiger partial charge in [-0.05, 0) is 47.8 Å². The molecule has 0 fully saturated rings. The van der Waals surface area contributed by atoms with E-state index in [-0.39, 0.29) is 5.41 Å². The van der Waals surface area contributed by atoms with Gasteiger partial charge in [0.2, 0.25) is 0 Å². The Balaban J connectivity index is 3.00. The van der Waals surface area contributed by atoms with Gasteiger partial charge in [-0.1, -0.05) is 65.8 Å². The minimum absolute atomic E-state index is 0.109. The summed E-state index contributed by atoms with van der Waals surface area (Å²) in [5, 5.41) is 0. The van der Waals surface area contributed by atoms with Gasteiger partial charge in [-0.3, -0.25) is 0 Å². The Morgan fingerprint density at radius 1 is 1.14 bits per heavy atom. The smallest absolute Gasteiger partial charge is 0.123 e. The molecule has 1 atom stereocenters. The molecule has 0 saturated heterocycles. The number of rotatable bonds is 7. The van der Waals surface area contributed by atoms with Crippen LogP contribution in [0.15, 0.2) is 30.4 Å². The molecule has 1 unspecified atom stereocenters. The lowest BCUT2D eigenvalue weighted by molar-refractivity contribution is 0.308. The van der Waals surface area contributed by atoms with Gasteiger partial charge in [0.15, 0.2) is 0 Å². The van der Waals surface area contributed by atoms with E-state index in [1.54, 1.807) is 0 Å². The molecule has 0 N–H and O–H groups in total. The topological polar surface area (TPSA) is 9.23 Å². The number of hydrogen-bond donors (Lipinski definition) is 0. The number of allylic oxidation sites excluding steroid dienone is 2. The van der Waals surface area contributed by atoms with Crippen LogP contribution >= 0.6 is 0 Å². The zero-order valence-electron chi connectivity index (χ0n) is 14.7. The van der Waals surface area contributed by atoms with Crippen LogP contribution in [-0.4, -0.2) is 6.61 Å². The van der Waals surface area contributed by atoms with Crippen LogP contribution in [0.2, 0.25) is 0 Å². The van der Waals surface area contributed by atoms with Crippen LogP contribution in [0.25, 0.3) is 0 Å². The van der Waals surface area contributed by atoms with Gasteiger partial charge < -0.3 is 4.74 Å². The summed E-state index contributed by atoms with van der Waals surface area (Å²) in [5.74, 6) is 1.60. The molecule has 1 aromatic rings. The van der Waals surface area contributed by atoms with E-state index in [0.29, 0.717) is 5.92 Å². The van der Waals surface area contributed by atoms with Crippen molar-refractivity contribution in [2.45, 2.75) is 72.1 Å². The van der Waals surface area contributed by atoms with Crippen LogP contribution < -0.4 is 4.74 Å². The van der Waals surface area contributed by atoms with Crippen LogP contribution in [0.4, 0.5) is 0 Å². The highest BCUT2D eigenvalue weighted by Gasteiger charge is 2.20. The van der Waals surface area contributed by atoms with E-state index in [1.165, 1.54) is 11.1 Å². The molecule has 118 valence electrons. The van der Waals surface area contributed by atoms with E-state index in [0.717, 1.165) is 31.6 Å². The molecular weight excluding hydrogens is 256 g/mol. The highest BCUT2D eigenvalue weighted by atomic mass is 16.5.